The van der Waals surface area contributed by atoms with E-state index in [4.69, 9.17) is 8.92 Å². The Morgan fingerprint density at radius 3 is 2.57 bits per heavy atom. The van der Waals surface area contributed by atoms with Crippen molar-refractivity contribution in [3.8, 4) is 11.6 Å². The molecule has 1 aromatic heterocycles. The van der Waals surface area contributed by atoms with Crippen LogP contribution in [0.2, 0.25) is 0 Å². The zero-order valence-electron chi connectivity index (χ0n) is 14.6. The minimum absolute atomic E-state index is 0.263. The normalized spacial score (nSPS) is 12.7. The quantitative estimate of drug-likeness (QED) is 0.430. The molecule has 0 aliphatic rings. The van der Waals surface area contributed by atoms with Gasteiger partial charge in [0.2, 0.25) is 5.88 Å². The summed E-state index contributed by atoms with van der Waals surface area (Å²) in [5, 5.41) is 1.97. The van der Waals surface area contributed by atoms with E-state index < -0.39 is 23.9 Å². The molecular weight excluding hydrogens is 393 g/mol. The molecule has 0 radical (unpaired) electrons. The molecule has 0 saturated heterocycles. The number of hydrogen-bond acceptors (Lipinski definition) is 4. The number of fused-ring (bicyclic) bond motifs is 1. The van der Waals surface area contributed by atoms with Crippen LogP contribution in [-0.2, 0) is 15.4 Å². The van der Waals surface area contributed by atoms with Crippen LogP contribution in [0.1, 0.15) is 12.8 Å². The van der Waals surface area contributed by atoms with Crippen molar-refractivity contribution in [3.05, 3.63) is 65.5 Å². The van der Waals surface area contributed by atoms with Gasteiger partial charge in [-0.1, -0.05) is 42.5 Å². The van der Waals surface area contributed by atoms with E-state index in [-0.39, 0.29) is 18.7 Å². The topological polar surface area (TPSA) is 62.5 Å². The van der Waals surface area contributed by atoms with Gasteiger partial charge >= 0.3 is 6.18 Å². The van der Waals surface area contributed by atoms with E-state index in [0.29, 0.717) is 11.6 Å². The minimum atomic E-state index is -4.26. The highest BCUT2D eigenvalue weighted by Crippen LogP contribution is 2.30. The fourth-order valence-corrected chi connectivity index (χ4v) is 2.99. The van der Waals surface area contributed by atoms with Gasteiger partial charge in [0.1, 0.15) is 5.75 Å². The SMILES string of the molecule is O=S([N-]c1ccc(Oc2cccc3ccccc23)nc1)OCCCC(F)(F)F. The van der Waals surface area contributed by atoms with Crippen LogP contribution in [0.4, 0.5) is 18.9 Å². The molecule has 0 bridgehead atoms. The van der Waals surface area contributed by atoms with Crippen molar-refractivity contribution in [2.45, 2.75) is 19.0 Å². The first-order valence-electron chi connectivity index (χ1n) is 8.36. The number of alkyl halides is 3. The van der Waals surface area contributed by atoms with Gasteiger partial charge in [-0.15, -0.1) is 5.69 Å². The van der Waals surface area contributed by atoms with Crippen LogP contribution < -0.4 is 4.74 Å². The van der Waals surface area contributed by atoms with Crippen LogP contribution in [0, 0.1) is 0 Å². The standard InChI is InChI=1S/C19H16F3N2O3S/c20-19(21,22)11-4-12-26-28(25)24-15-9-10-18(23-13-15)27-17-8-3-6-14-5-1-2-7-16(14)17/h1-3,5-10,13H,4,11-12H2/q-1. The van der Waals surface area contributed by atoms with Gasteiger partial charge in [0.25, 0.3) is 0 Å². The van der Waals surface area contributed by atoms with Crippen molar-refractivity contribution >= 4 is 27.7 Å². The van der Waals surface area contributed by atoms with Crippen LogP contribution in [0.3, 0.4) is 0 Å². The van der Waals surface area contributed by atoms with Crippen LogP contribution in [0.15, 0.2) is 60.8 Å². The largest absolute Gasteiger partial charge is 0.578 e. The molecule has 9 heteroatoms. The summed E-state index contributed by atoms with van der Waals surface area (Å²) in [6, 6.07) is 16.5. The Morgan fingerprint density at radius 2 is 1.82 bits per heavy atom. The third-order valence-corrected chi connectivity index (χ3v) is 4.38. The van der Waals surface area contributed by atoms with Gasteiger partial charge in [0.15, 0.2) is 0 Å². The monoisotopic (exact) mass is 409 g/mol. The second-order valence-corrected chi connectivity index (χ2v) is 6.64. The zero-order valence-corrected chi connectivity index (χ0v) is 15.4. The molecule has 0 N–H and O–H groups in total. The summed E-state index contributed by atoms with van der Waals surface area (Å²) in [5.41, 5.74) is 0.263. The van der Waals surface area contributed by atoms with Crippen LogP contribution >= 0.6 is 0 Å². The molecule has 3 rings (SSSR count). The van der Waals surface area contributed by atoms with Crippen molar-refractivity contribution in [1.29, 1.82) is 0 Å². The highest BCUT2D eigenvalue weighted by molar-refractivity contribution is 7.83. The molecule has 0 aliphatic carbocycles. The summed E-state index contributed by atoms with van der Waals surface area (Å²) >= 11 is -2.09. The number of hydrogen-bond donors (Lipinski definition) is 0. The Labute approximate surface area is 162 Å². The third-order valence-electron chi connectivity index (χ3n) is 3.65. The Balaban J connectivity index is 1.54. The predicted octanol–water partition coefficient (Wildman–Crippen LogP) is 5.97. The van der Waals surface area contributed by atoms with Gasteiger partial charge in [-0.25, -0.2) is 9.19 Å². The Bertz CT molecular complexity index is 944. The second kappa shape index (κ2) is 9.03. The average molecular weight is 409 g/mol. The summed E-state index contributed by atoms with van der Waals surface area (Å²) in [4.78, 5) is 4.11. The minimum Gasteiger partial charge on any atom is -0.578 e. The molecule has 0 saturated carbocycles. The van der Waals surface area contributed by atoms with Gasteiger partial charge in [0, 0.05) is 18.0 Å². The number of halogens is 3. The molecule has 1 atom stereocenters. The molecule has 0 spiro atoms. The number of nitrogens with zero attached hydrogens (tertiary/aromatic N) is 2. The van der Waals surface area contributed by atoms with Crippen molar-refractivity contribution in [3.63, 3.8) is 0 Å². The number of ether oxygens (including phenoxy) is 1. The maximum Gasteiger partial charge on any atom is 0.389 e. The van der Waals surface area contributed by atoms with Crippen molar-refractivity contribution in [2.75, 3.05) is 6.61 Å². The van der Waals surface area contributed by atoms with Gasteiger partial charge in [-0.05, 0) is 23.9 Å². The van der Waals surface area contributed by atoms with Gasteiger partial charge < -0.3 is 13.6 Å². The second-order valence-electron chi connectivity index (χ2n) is 5.78. The first kappa shape index (κ1) is 20.1. The molecule has 0 fully saturated rings. The van der Waals surface area contributed by atoms with Crippen molar-refractivity contribution in [2.24, 2.45) is 0 Å². The molecule has 3 aromatic rings. The molecule has 2 aromatic carbocycles. The average Bonchev–Trinajstić information content (AvgIpc) is 2.66. The van der Waals surface area contributed by atoms with Crippen LogP contribution in [-0.4, -0.2) is 22.0 Å². The lowest BCUT2D eigenvalue weighted by molar-refractivity contribution is -0.136. The Morgan fingerprint density at radius 1 is 1.04 bits per heavy atom. The fraction of sp³-hybridized carbons (Fsp3) is 0.211. The van der Waals surface area contributed by atoms with Crippen molar-refractivity contribution in [1.82, 2.24) is 4.98 Å². The summed E-state index contributed by atoms with van der Waals surface area (Å²) in [7, 11) is 0. The summed E-state index contributed by atoms with van der Waals surface area (Å²) in [6.45, 7) is -0.300. The Kier molecular flexibility index (Phi) is 6.48. The van der Waals surface area contributed by atoms with E-state index in [2.05, 4.69) is 9.71 Å². The highest BCUT2D eigenvalue weighted by atomic mass is 32.2. The van der Waals surface area contributed by atoms with Crippen LogP contribution in [0.25, 0.3) is 15.5 Å². The number of benzene rings is 2. The summed E-state index contributed by atoms with van der Waals surface area (Å²) < 4.78 is 62.0. The maximum absolute atomic E-state index is 12.0. The molecule has 148 valence electrons. The summed E-state index contributed by atoms with van der Waals surface area (Å²) in [6.07, 6.45) is -4.18. The predicted molar refractivity (Wildman–Crippen MR) is 101 cm³/mol. The van der Waals surface area contributed by atoms with E-state index in [0.717, 1.165) is 10.8 Å². The first-order chi connectivity index (χ1) is 13.4. The molecule has 0 aliphatic heterocycles. The van der Waals surface area contributed by atoms with Gasteiger partial charge in [-0.3, -0.25) is 0 Å². The molecule has 28 heavy (non-hydrogen) atoms. The van der Waals surface area contributed by atoms with E-state index in [1.165, 1.54) is 12.3 Å². The van der Waals surface area contributed by atoms with E-state index in [9.17, 15) is 17.4 Å². The van der Waals surface area contributed by atoms with Crippen LogP contribution in [0.5, 0.6) is 11.6 Å². The number of aromatic nitrogens is 1. The fourth-order valence-electron chi connectivity index (χ4n) is 2.40. The van der Waals surface area contributed by atoms with E-state index in [1.807, 2.05) is 42.5 Å². The molecule has 1 heterocycles. The third kappa shape index (κ3) is 5.93. The number of pyridine rings is 1. The highest BCUT2D eigenvalue weighted by Gasteiger charge is 2.25. The first-order valence-corrected chi connectivity index (χ1v) is 9.39. The lowest BCUT2D eigenvalue weighted by Gasteiger charge is -2.19. The van der Waals surface area contributed by atoms with E-state index in [1.54, 1.807) is 6.07 Å². The van der Waals surface area contributed by atoms with Crippen molar-refractivity contribution < 1.29 is 26.3 Å². The zero-order chi connectivity index (χ0) is 20.0. The molecular formula is C19H16F3N2O3S-. The van der Waals surface area contributed by atoms with E-state index >= 15 is 0 Å². The lowest BCUT2D eigenvalue weighted by Crippen LogP contribution is -2.09. The molecule has 1 unspecified atom stereocenters. The Hall–Kier alpha value is -2.65. The smallest absolute Gasteiger partial charge is 0.389 e. The van der Waals surface area contributed by atoms with Gasteiger partial charge in [0.05, 0.1) is 17.9 Å². The lowest BCUT2D eigenvalue weighted by atomic mass is 10.1. The summed E-state index contributed by atoms with van der Waals surface area (Å²) in [5.74, 6) is 0.971. The molecule has 5 nitrogen and oxygen atoms in total. The number of rotatable bonds is 8. The maximum atomic E-state index is 12.0. The molecule has 0 amide bonds. The van der Waals surface area contributed by atoms with Gasteiger partial charge in [-0.2, -0.15) is 13.2 Å².